The Morgan fingerprint density at radius 3 is 3.10 bits per heavy atom. The number of nitrogens with zero attached hydrogens (tertiary/aromatic N) is 1. The van der Waals surface area contributed by atoms with Crippen molar-refractivity contribution in [2.75, 3.05) is 26.2 Å². The van der Waals surface area contributed by atoms with Crippen LogP contribution < -0.4 is 10.5 Å². The van der Waals surface area contributed by atoms with Crippen molar-refractivity contribution in [3.8, 4) is 5.75 Å². The van der Waals surface area contributed by atoms with Crippen LogP contribution in [0.4, 0.5) is 0 Å². The molecule has 1 aromatic rings. The van der Waals surface area contributed by atoms with Crippen LogP contribution in [0, 0.1) is 0 Å². The molecule has 0 aliphatic carbocycles. The summed E-state index contributed by atoms with van der Waals surface area (Å²) in [5, 5.41) is 0. The average molecular weight is 276 g/mol. The fourth-order valence-electron chi connectivity index (χ4n) is 2.84. The van der Waals surface area contributed by atoms with Crippen molar-refractivity contribution >= 4 is 5.91 Å². The van der Waals surface area contributed by atoms with E-state index in [1.807, 2.05) is 30.0 Å². The lowest BCUT2D eigenvalue weighted by Crippen LogP contribution is -2.51. The van der Waals surface area contributed by atoms with E-state index in [2.05, 4.69) is 0 Å². The summed E-state index contributed by atoms with van der Waals surface area (Å²) in [6.07, 6.45) is 0.834. The smallest absolute Gasteiger partial charge is 0.254 e. The van der Waals surface area contributed by atoms with Crippen LogP contribution in [-0.4, -0.2) is 49.3 Å². The highest BCUT2D eigenvalue weighted by molar-refractivity contribution is 5.94. The predicted molar refractivity (Wildman–Crippen MR) is 74.9 cm³/mol. The van der Waals surface area contributed by atoms with Gasteiger partial charge in [0.1, 0.15) is 5.75 Å². The molecule has 1 aromatic carbocycles. The zero-order valence-corrected chi connectivity index (χ0v) is 11.7. The van der Waals surface area contributed by atoms with Crippen LogP contribution in [-0.2, 0) is 11.2 Å². The van der Waals surface area contributed by atoms with E-state index in [4.69, 9.17) is 15.2 Å². The second-order valence-electron chi connectivity index (χ2n) is 5.44. The third-order valence-corrected chi connectivity index (χ3v) is 3.81. The molecule has 1 saturated heterocycles. The monoisotopic (exact) mass is 276 g/mol. The lowest BCUT2D eigenvalue weighted by atomic mass is 10.1. The van der Waals surface area contributed by atoms with Gasteiger partial charge in [-0.2, -0.15) is 0 Å². The third-order valence-electron chi connectivity index (χ3n) is 3.81. The van der Waals surface area contributed by atoms with Crippen LogP contribution in [0.3, 0.4) is 0 Å². The van der Waals surface area contributed by atoms with Crippen molar-refractivity contribution in [2.24, 2.45) is 5.73 Å². The van der Waals surface area contributed by atoms with E-state index in [9.17, 15) is 4.79 Å². The summed E-state index contributed by atoms with van der Waals surface area (Å²) in [5.74, 6) is 0.949. The summed E-state index contributed by atoms with van der Waals surface area (Å²) in [7, 11) is 0. The molecule has 5 nitrogen and oxygen atoms in total. The number of rotatable bonds is 2. The Hall–Kier alpha value is -1.59. The fourth-order valence-corrected chi connectivity index (χ4v) is 2.84. The number of morpholine rings is 1. The van der Waals surface area contributed by atoms with E-state index < -0.39 is 0 Å². The van der Waals surface area contributed by atoms with Gasteiger partial charge in [-0.3, -0.25) is 4.79 Å². The molecule has 0 spiro atoms. The van der Waals surface area contributed by atoms with Gasteiger partial charge in [0.25, 0.3) is 5.91 Å². The highest BCUT2D eigenvalue weighted by Crippen LogP contribution is 2.26. The molecular formula is C15H20N2O3. The number of nitrogens with two attached hydrogens (primary N) is 1. The first-order valence-corrected chi connectivity index (χ1v) is 7.08. The summed E-state index contributed by atoms with van der Waals surface area (Å²) in [6, 6.07) is 5.67. The first kappa shape index (κ1) is 13.4. The lowest BCUT2D eigenvalue weighted by Gasteiger charge is -2.36. The van der Waals surface area contributed by atoms with Crippen molar-refractivity contribution < 1.29 is 14.3 Å². The quantitative estimate of drug-likeness (QED) is 0.868. The molecular weight excluding hydrogens is 256 g/mol. The van der Waals surface area contributed by atoms with Crippen LogP contribution in [0.25, 0.3) is 0 Å². The number of benzene rings is 1. The molecule has 2 heterocycles. The minimum absolute atomic E-state index is 0.0269. The number of carbonyl (C=O) groups excluding carboxylic acids is 1. The number of fused-ring (bicyclic) bond motifs is 1. The standard InChI is InChI=1S/C15H20N2O3/c1-10-8-17(9-13(7-16)20-10)15(18)12-2-3-14-11(6-12)4-5-19-14/h2-3,6,10,13H,4-5,7-9,16H2,1H3. The summed E-state index contributed by atoms with van der Waals surface area (Å²) in [5.41, 5.74) is 7.50. The first-order chi connectivity index (χ1) is 9.67. The lowest BCUT2D eigenvalue weighted by molar-refractivity contribution is -0.0625. The Balaban J connectivity index is 1.78. The molecule has 3 rings (SSSR count). The van der Waals surface area contributed by atoms with Crippen molar-refractivity contribution in [3.63, 3.8) is 0 Å². The summed E-state index contributed by atoms with van der Waals surface area (Å²) in [4.78, 5) is 14.4. The second kappa shape index (κ2) is 5.42. The first-order valence-electron chi connectivity index (χ1n) is 7.08. The molecule has 0 bridgehead atoms. The zero-order valence-electron chi connectivity index (χ0n) is 11.7. The molecule has 0 aromatic heterocycles. The Kier molecular flexibility index (Phi) is 3.63. The van der Waals surface area contributed by atoms with E-state index in [-0.39, 0.29) is 18.1 Å². The highest BCUT2D eigenvalue weighted by Gasteiger charge is 2.28. The molecule has 5 heteroatoms. The average Bonchev–Trinajstić information content (AvgIpc) is 2.93. The van der Waals surface area contributed by atoms with Gasteiger partial charge >= 0.3 is 0 Å². The largest absolute Gasteiger partial charge is 0.493 e. The van der Waals surface area contributed by atoms with Gasteiger partial charge in [-0.15, -0.1) is 0 Å². The van der Waals surface area contributed by atoms with E-state index in [0.29, 0.717) is 26.2 Å². The Labute approximate surface area is 118 Å². The molecule has 1 fully saturated rings. The van der Waals surface area contributed by atoms with Gasteiger partial charge in [0.15, 0.2) is 0 Å². The Morgan fingerprint density at radius 2 is 2.30 bits per heavy atom. The predicted octanol–water partition coefficient (Wildman–Crippen LogP) is 0.810. The number of ether oxygens (including phenoxy) is 2. The Bertz CT molecular complexity index is 518. The van der Waals surface area contributed by atoms with Crippen molar-refractivity contribution in [1.82, 2.24) is 4.90 Å². The second-order valence-corrected chi connectivity index (χ2v) is 5.44. The van der Waals surface area contributed by atoms with Gasteiger partial charge in [-0.05, 0) is 30.7 Å². The number of amides is 1. The molecule has 2 aliphatic heterocycles. The van der Waals surface area contributed by atoms with Crippen molar-refractivity contribution in [3.05, 3.63) is 29.3 Å². The number of hydrogen-bond acceptors (Lipinski definition) is 4. The summed E-state index contributed by atoms with van der Waals surface area (Å²) in [6.45, 7) is 4.29. The van der Waals surface area contributed by atoms with Crippen LogP contribution in [0.15, 0.2) is 18.2 Å². The molecule has 20 heavy (non-hydrogen) atoms. The molecule has 0 radical (unpaired) electrons. The van der Waals surface area contributed by atoms with Crippen LogP contribution >= 0.6 is 0 Å². The number of hydrogen-bond donors (Lipinski definition) is 1. The number of carbonyl (C=O) groups is 1. The molecule has 1 amide bonds. The maximum absolute atomic E-state index is 12.6. The minimum atomic E-state index is -0.0690. The molecule has 0 saturated carbocycles. The fraction of sp³-hybridized carbons (Fsp3) is 0.533. The van der Waals surface area contributed by atoms with Crippen LogP contribution in [0.1, 0.15) is 22.8 Å². The van der Waals surface area contributed by atoms with Gasteiger partial charge < -0.3 is 20.1 Å². The molecule has 2 unspecified atom stereocenters. The van der Waals surface area contributed by atoms with Crippen LogP contribution in [0.5, 0.6) is 5.75 Å². The zero-order chi connectivity index (χ0) is 14.1. The Morgan fingerprint density at radius 1 is 1.45 bits per heavy atom. The minimum Gasteiger partial charge on any atom is -0.493 e. The topological polar surface area (TPSA) is 64.8 Å². The van der Waals surface area contributed by atoms with Gasteiger partial charge in [0.05, 0.1) is 18.8 Å². The van der Waals surface area contributed by atoms with E-state index in [0.717, 1.165) is 23.3 Å². The summed E-state index contributed by atoms with van der Waals surface area (Å²) < 4.78 is 11.2. The van der Waals surface area contributed by atoms with Crippen molar-refractivity contribution in [1.29, 1.82) is 0 Å². The van der Waals surface area contributed by atoms with Gasteiger partial charge in [-0.25, -0.2) is 0 Å². The SMILES string of the molecule is CC1CN(C(=O)c2ccc3c(c2)CCO3)CC(CN)O1. The van der Waals surface area contributed by atoms with E-state index >= 15 is 0 Å². The van der Waals surface area contributed by atoms with E-state index in [1.54, 1.807) is 0 Å². The van der Waals surface area contributed by atoms with Crippen molar-refractivity contribution in [2.45, 2.75) is 25.6 Å². The van der Waals surface area contributed by atoms with Gasteiger partial charge in [0.2, 0.25) is 0 Å². The highest BCUT2D eigenvalue weighted by atomic mass is 16.5. The van der Waals surface area contributed by atoms with Gasteiger partial charge in [0, 0.05) is 31.6 Å². The normalized spacial score (nSPS) is 25.2. The van der Waals surface area contributed by atoms with Gasteiger partial charge in [-0.1, -0.05) is 0 Å². The maximum atomic E-state index is 12.6. The third kappa shape index (κ3) is 2.51. The molecule has 2 atom stereocenters. The maximum Gasteiger partial charge on any atom is 0.254 e. The summed E-state index contributed by atoms with van der Waals surface area (Å²) >= 11 is 0. The van der Waals surface area contributed by atoms with Crippen LogP contribution in [0.2, 0.25) is 0 Å². The molecule has 108 valence electrons. The van der Waals surface area contributed by atoms with E-state index in [1.165, 1.54) is 0 Å². The molecule has 2 N–H and O–H groups in total. The molecule has 2 aliphatic rings.